The van der Waals surface area contributed by atoms with E-state index in [0.29, 0.717) is 12.2 Å². The van der Waals surface area contributed by atoms with Crippen LogP contribution in [0.4, 0.5) is 0 Å². The molecule has 0 aliphatic carbocycles. The Balaban J connectivity index is 0.000000204. The van der Waals surface area contributed by atoms with Crippen molar-refractivity contribution in [2.75, 3.05) is 0 Å². The number of rotatable bonds is 5. The molecule has 3 unspecified atom stereocenters. The zero-order valence-corrected chi connectivity index (χ0v) is 12.0. The predicted molar refractivity (Wildman–Crippen MR) is 75.9 cm³/mol. The molecule has 3 atom stereocenters. The molecule has 0 radical (unpaired) electrons. The van der Waals surface area contributed by atoms with E-state index in [1.54, 1.807) is 0 Å². The van der Waals surface area contributed by atoms with E-state index in [1.807, 2.05) is 6.92 Å². The number of aromatic hydroxyl groups is 3. The van der Waals surface area contributed by atoms with E-state index in [2.05, 4.69) is 6.92 Å². The fraction of sp³-hybridized carbons (Fsp3) is 0.600. The normalized spacial score (nSPS) is 21.8. The molecule has 4 N–H and O–H groups in total. The van der Waals surface area contributed by atoms with Crippen molar-refractivity contribution in [3.8, 4) is 17.2 Å². The maximum atomic E-state index is 9.03. The summed E-state index contributed by atoms with van der Waals surface area (Å²) >= 11 is 0. The number of phenolic OH excluding ortho intramolecular Hbond substituents is 3. The lowest BCUT2D eigenvalue weighted by molar-refractivity contribution is 0.170. The van der Waals surface area contributed by atoms with Gasteiger partial charge in [-0.1, -0.05) is 19.8 Å². The number of hydrogen-bond acceptors (Lipinski definition) is 5. The summed E-state index contributed by atoms with van der Waals surface area (Å²) in [4.78, 5) is 0. The minimum Gasteiger partial charge on any atom is -0.508 e. The molecule has 1 fully saturated rings. The quantitative estimate of drug-likeness (QED) is 0.623. The van der Waals surface area contributed by atoms with E-state index in [1.165, 1.54) is 19.3 Å². The molecule has 1 aliphatic rings. The fourth-order valence-electron chi connectivity index (χ4n) is 1.96. The first-order chi connectivity index (χ1) is 9.42. The Hall–Kier alpha value is -1.46. The molecule has 1 heterocycles. The SMILES string of the molecule is CCCCC1OC1CC(C)O.Oc1cc(O)cc(O)c1. The predicted octanol–water partition coefficient (Wildman–Crippen LogP) is 2.52. The Kier molecular flexibility index (Phi) is 6.61. The highest BCUT2D eigenvalue weighted by Crippen LogP contribution is 2.30. The zero-order chi connectivity index (χ0) is 15.1. The average molecular weight is 284 g/mol. The Morgan fingerprint density at radius 2 is 1.55 bits per heavy atom. The van der Waals surface area contributed by atoms with Crippen molar-refractivity contribution in [2.45, 2.75) is 57.8 Å². The van der Waals surface area contributed by atoms with Crippen molar-refractivity contribution in [3.63, 3.8) is 0 Å². The van der Waals surface area contributed by atoms with Crippen LogP contribution >= 0.6 is 0 Å². The summed E-state index contributed by atoms with van der Waals surface area (Å²) < 4.78 is 5.37. The Morgan fingerprint density at radius 3 is 1.95 bits per heavy atom. The molecule has 0 spiro atoms. The van der Waals surface area contributed by atoms with Crippen LogP contribution < -0.4 is 0 Å². The molecule has 5 heteroatoms. The van der Waals surface area contributed by atoms with Crippen LogP contribution in [0.2, 0.25) is 0 Å². The molecular weight excluding hydrogens is 260 g/mol. The van der Waals surface area contributed by atoms with Gasteiger partial charge in [0.05, 0.1) is 18.3 Å². The van der Waals surface area contributed by atoms with Gasteiger partial charge in [0.25, 0.3) is 0 Å². The molecular formula is C15H24O5. The van der Waals surface area contributed by atoms with E-state index >= 15 is 0 Å². The van der Waals surface area contributed by atoms with Gasteiger partial charge in [0.15, 0.2) is 0 Å². The smallest absolute Gasteiger partial charge is 0.122 e. The summed E-state index contributed by atoms with van der Waals surface area (Å²) in [7, 11) is 0. The lowest BCUT2D eigenvalue weighted by Crippen LogP contribution is -2.06. The lowest BCUT2D eigenvalue weighted by Gasteiger charge is -1.98. The van der Waals surface area contributed by atoms with Gasteiger partial charge in [-0.25, -0.2) is 0 Å². The first kappa shape index (κ1) is 16.6. The number of benzene rings is 1. The average Bonchev–Trinajstić information content (AvgIpc) is 3.02. The third-order valence-corrected chi connectivity index (χ3v) is 2.99. The number of epoxide rings is 1. The van der Waals surface area contributed by atoms with E-state index in [-0.39, 0.29) is 23.4 Å². The molecule has 1 saturated heterocycles. The topological polar surface area (TPSA) is 93.5 Å². The summed E-state index contributed by atoms with van der Waals surface area (Å²) in [6, 6.07) is 3.42. The second-order valence-electron chi connectivity index (χ2n) is 5.15. The zero-order valence-electron chi connectivity index (χ0n) is 12.0. The second kappa shape index (κ2) is 7.97. The molecule has 20 heavy (non-hydrogen) atoms. The lowest BCUT2D eigenvalue weighted by atomic mass is 10.1. The van der Waals surface area contributed by atoms with Crippen LogP contribution in [0.15, 0.2) is 18.2 Å². The van der Waals surface area contributed by atoms with Gasteiger partial charge in [-0.3, -0.25) is 0 Å². The Bertz CT molecular complexity index is 355. The maximum absolute atomic E-state index is 9.03. The molecule has 1 aromatic carbocycles. The van der Waals surface area contributed by atoms with Gasteiger partial charge in [-0.05, 0) is 13.3 Å². The number of hydrogen-bond donors (Lipinski definition) is 4. The van der Waals surface area contributed by atoms with Crippen LogP contribution in [-0.2, 0) is 4.74 Å². The van der Waals surface area contributed by atoms with Gasteiger partial charge in [-0.2, -0.15) is 0 Å². The monoisotopic (exact) mass is 284 g/mol. The van der Waals surface area contributed by atoms with E-state index < -0.39 is 0 Å². The van der Waals surface area contributed by atoms with Gasteiger partial charge in [0, 0.05) is 24.6 Å². The number of ether oxygens (including phenoxy) is 1. The van der Waals surface area contributed by atoms with Crippen LogP contribution in [0.1, 0.15) is 39.5 Å². The van der Waals surface area contributed by atoms with Crippen molar-refractivity contribution < 1.29 is 25.2 Å². The number of aliphatic hydroxyl groups excluding tert-OH is 1. The van der Waals surface area contributed by atoms with Gasteiger partial charge < -0.3 is 25.2 Å². The van der Waals surface area contributed by atoms with Crippen LogP contribution in [0.3, 0.4) is 0 Å². The molecule has 0 saturated carbocycles. The van der Waals surface area contributed by atoms with Crippen molar-refractivity contribution in [2.24, 2.45) is 0 Å². The molecule has 1 aromatic rings. The van der Waals surface area contributed by atoms with Crippen molar-refractivity contribution in [1.29, 1.82) is 0 Å². The third kappa shape index (κ3) is 6.63. The van der Waals surface area contributed by atoms with Crippen molar-refractivity contribution in [3.05, 3.63) is 18.2 Å². The molecule has 1 aliphatic heterocycles. The first-order valence-electron chi connectivity index (χ1n) is 6.98. The van der Waals surface area contributed by atoms with Gasteiger partial charge in [0.2, 0.25) is 0 Å². The minimum atomic E-state index is -0.202. The Labute approximate surface area is 119 Å². The molecule has 0 amide bonds. The summed E-state index contributed by atoms with van der Waals surface area (Å²) in [5.74, 6) is -0.437. The number of aliphatic hydroxyl groups is 1. The molecule has 114 valence electrons. The standard InChI is InChI=1S/C9H18O2.C6H6O3/c1-3-4-5-8-9(11-8)6-7(2)10;7-4-1-5(8)3-6(9)2-4/h7-10H,3-6H2,1-2H3;1-3,7-9H. The largest absolute Gasteiger partial charge is 0.508 e. The summed E-state index contributed by atoms with van der Waals surface area (Å²) in [6.45, 7) is 4.00. The van der Waals surface area contributed by atoms with E-state index in [9.17, 15) is 0 Å². The molecule has 0 aromatic heterocycles. The summed E-state index contributed by atoms with van der Waals surface area (Å²) in [5.41, 5.74) is 0. The van der Waals surface area contributed by atoms with Crippen LogP contribution in [-0.4, -0.2) is 38.7 Å². The maximum Gasteiger partial charge on any atom is 0.122 e. The Morgan fingerprint density at radius 1 is 1.05 bits per heavy atom. The first-order valence-corrected chi connectivity index (χ1v) is 6.98. The van der Waals surface area contributed by atoms with E-state index in [0.717, 1.165) is 24.6 Å². The second-order valence-corrected chi connectivity index (χ2v) is 5.15. The van der Waals surface area contributed by atoms with Crippen molar-refractivity contribution >= 4 is 0 Å². The number of unbranched alkanes of at least 4 members (excludes halogenated alkanes) is 1. The van der Waals surface area contributed by atoms with Gasteiger partial charge >= 0.3 is 0 Å². The summed E-state index contributed by atoms with van der Waals surface area (Å²) in [6.07, 6.45) is 5.10. The molecule has 0 bridgehead atoms. The van der Waals surface area contributed by atoms with Crippen LogP contribution in [0, 0.1) is 0 Å². The molecule has 2 rings (SSSR count). The number of phenols is 3. The van der Waals surface area contributed by atoms with E-state index in [4.69, 9.17) is 25.2 Å². The summed E-state index contributed by atoms with van der Waals surface area (Å²) in [5, 5.41) is 35.0. The van der Waals surface area contributed by atoms with Crippen LogP contribution in [0.25, 0.3) is 0 Å². The van der Waals surface area contributed by atoms with Gasteiger partial charge in [0.1, 0.15) is 17.2 Å². The highest BCUT2D eigenvalue weighted by Gasteiger charge is 2.38. The van der Waals surface area contributed by atoms with Crippen molar-refractivity contribution in [1.82, 2.24) is 0 Å². The minimum absolute atomic E-state index is 0.146. The highest BCUT2D eigenvalue weighted by molar-refractivity contribution is 5.39. The van der Waals surface area contributed by atoms with Crippen LogP contribution in [0.5, 0.6) is 17.2 Å². The molecule has 5 nitrogen and oxygen atoms in total. The fourth-order valence-corrected chi connectivity index (χ4v) is 1.96. The third-order valence-electron chi connectivity index (χ3n) is 2.99. The highest BCUT2D eigenvalue weighted by atomic mass is 16.6. The van der Waals surface area contributed by atoms with Gasteiger partial charge in [-0.15, -0.1) is 0 Å².